The van der Waals surface area contributed by atoms with E-state index in [1.807, 2.05) is 24.3 Å². The van der Waals surface area contributed by atoms with E-state index < -0.39 is 0 Å². The van der Waals surface area contributed by atoms with Gasteiger partial charge in [-0.2, -0.15) is 0 Å². The van der Waals surface area contributed by atoms with Crippen molar-refractivity contribution in [2.75, 3.05) is 33.2 Å². The Morgan fingerprint density at radius 3 is 2.82 bits per heavy atom. The van der Waals surface area contributed by atoms with Gasteiger partial charge in [-0.05, 0) is 12.1 Å². The van der Waals surface area contributed by atoms with Crippen LogP contribution in [0.25, 0.3) is 22.1 Å². The van der Waals surface area contributed by atoms with Crippen molar-refractivity contribution in [3.63, 3.8) is 0 Å². The standard InChI is InChI=1S/C16H18N4O2/c1-19-6-8-20(9-7-19)10-13-17-14-11-4-2-3-5-12(11)22-15(14)16(21)18-13/h2-5H,6-10H2,1H3,(H,17,18,21)/p+2. The van der Waals surface area contributed by atoms with E-state index in [-0.39, 0.29) is 5.56 Å². The SMILES string of the molecule is C[NH+]1CC[NH+](Cc2nc3c(oc4ccccc43)c(=O)[nH]2)CC1. The number of furan rings is 1. The van der Waals surface area contributed by atoms with Crippen LogP contribution in [0.15, 0.2) is 33.5 Å². The lowest BCUT2D eigenvalue weighted by Crippen LogP contribution is -3.26. The average Bonchev–Trinajstić information content (AvgIpc) is 2.89. The summed E-state index contributed by atoms with van der Waals surface area (Å²) in [6, 6.07) is 7.65. The zero-order chi connectivity index (χ0) is 15.1. The number of nitrogens with one attached hydrogen (secondary N) is 3. The van der Waals surface area contributed by atoms with Crippen molar-refractivity contribution in [2.45, 2.75) is 6.54 Å². The second-order valence-electron chi connectivity index (χ2n) is 6.17. The number of piperazine rings is 1. The number of likely N-dealkylation sites (N-methyl/N-ethyl adjacent to an activating group) is 1. The lowest BCUT2D eigenvalue weighted by Gasteiger charge is -2.26. The Hall–Kier alpha value is -2.18. The van der Waals surface area contributed by atoms with Gasteiger partial charge in [-0.3, -0.25) is 4.79 Å². The molecule has 0 saturated carbocycles. The molecule has 114 valence electrons. The lowest BCUT2D eigenvalue weighted by atomic mass is 10.2. The second-order valence-corrected chi connectivity index (χ2v) is 6.17. The number of fused-ring (bicyclic) bond motifs is 3. The molecule has 1 saturated heterocycles. The van der Waals surface area contributed by atoms with Gasteiger partial charge >= 0.3 is 0 Å². The molecule has 22 heavy (non-hydrogen) atoms. The molecule has 6 nitrogen and oxygen atoms in total. The summed E-state index contributed by atoms with van der Waals surface area (Å²) in [6.07, 6.45) is 0. The number of H-pyrrole nitrogens is 1. The molecule has 0 aliphatic carbocycles. The van der Waals surface area contributed by atoms with E-state index in [9.17, 15) is 4.79 Å². The summed E-state index contributed by atoms with van der Waals surface area (Å²) in [5.41, 5.74) is 1.52. The van der Waals surface area contributed by atoms with E-state index in [1.165, 1.54) is 4.90 Å². The third-order valence-electron chi connectivity index (χ3n) is 4.51. The molecule has 1 aliphatic rings. The van der Waals surface area contributed by atoms with Gasteiger partial charge in [0.05, 0.1) is 7.05 Å². The van der Waals surface area contributed by atoms with Crippen molar-refractivity contribution in [3.05, 3.63) is 40.4 Å². The van der Waals surface area contributed by atoms with Gasteiger partial charge < -0.3 is 19.2 Å². The zero-order valence-corrected chi connectivity index (χ0v) is 12.6. The first-order valence-electron chi connectivity index (χ1n) is 7.76. The number of rotatable bonds is 2. The molecule has 0 bridgehead atoms. The zero-order valence-electron chi connectivity index (χ0n) is 12.6. The molecule has 0 unspecified atom stereocenters. The smallest absolute Gasteiger partial charge is 0.294 e. The summed E-state index contributed by atoms with van der Waals surface area (Å²) in [5.74, 6) is 0.749. The van der Waals surface area contributed by atoms with Crippen molar-refractivity contribution >= 4 is 22.1 Å². The summed E-state index contributed by atoms with van der Waals surface area (Å²) in [4.78, 5) is 22.8. The van der Waals surface area contributed by atoms with Gasteiger partial charge in [0.25, 0.3) is 5.56 Å². The fourth-order valence-corrected chi connectivity index (χ4v) is 3.18. The van der Waals surface area contributed by atoms with Crippen LogP contribution < -0.4 is 15.4 Å². The molecule has 0 radical (unpaired) electrons. The Balaban J connectivity index is 1.73. The number of hydrogen-bond acceptors (Lipinski definition) is 3. The number of aromatic amines is 1. The van der Waals surface area contributed by atoms with Crippen LogP contribution in [0.1, 0.15) is 5.82 Å². The number of quaternary nitrogens is 2. The third kappa shape index (κ3) is 2.30. The first-order chi connectivity index (χ1) is 10.7. The Bertz CT molecular complexity index is 875. The number of benzene rings is 1. The largest absolute Gasteiger partial charge is 0.449 e. The quantitative estimate of drug-likeness (QED) is 0.544. The van der Waals surface area contributed by atoms with Crippen LogP contribution in [0.3, 0.4) is 0 Å². The first kappa shape index (κ1) is 13.5. The Labute approximate surface area is 127 Å². The van der Waals surface area contributed by atoms with E-state index in [2.05, 4.69) is 17.0 Å². The highest BCUT2D eigenvalue weighted by molar-refractivity contribution is 6.01. The summed E-state index contributed by atoms with van der Waals surface area (Å²) in [6.45, 7) is 5.31. The summed E-state index contributed by atoms with van der Waals surface area (Å²) >= 11 is 0. The predicted molar refractivity (Wildman–Crippen MR) is 83.2 cm³/mol. The Morgan fingerprint density at radius 1 is 1.23 bits per heavy atom. The number of aromatic nitrogens is 2. The minimum absolute atomic E-state index is 0.185. The van der Waals surface area contributed by atoms with Crippen LogP contribution in [0, 0.1) is 0 Å². The topological polar surface area (TPSA) is 67.8 Å². The van der Waals surface area contributed by atoms with Gasteiger partial charge in [-0.25, -0.2) is 4.98 Å². The van der Waals surface area contributed by atoms with Gasteiger partial charge in [0.2, 0.25) is 5.58 Å². The fourth-order valence-electron chi connectivity index (χ4n) is 3.18. The second kappa shape index (κ2) is 5.23. The Morgan fingerprint density at radius 2 is 2.00 bits per heavy atom. The molecule has 2 aromatic heterocycles. The maximum Gasteiger partial charge on any atom is 0.294 e. The predicted octanol–water partition coefficient (Wildman–Crippen LogP) is -1.42. The van der Waals surface area contributed by atoms with Crippen LogP contribution in [-0.2, 0) is 6.54 Å². The average molecular weight is 300 g/mol. The number of nitrogens with zero attached hydrogens (tertiary/aromatic N) is 1. The number of hydrogen-bond donors (Lipinski definition) is 3. The third-order valence-corrected chi connectivity index (χ3v) is 4.51. The van der Waals surface area contributed by atoms with Crippen molar-refractivity contribution in [2.24, 2.45) is 0 Å². The molecular weight excluding hydrogens is 280 g/mol. The molecule has 3 aromatic rings. The molecule has 0 spiro atoms. The lowest BCUT2D eigenvalue weighted by molar-refractivity contribution is -1.01. The summed E-state index contributed by atoms with van der Waals surface area (Å²) in [7, 11) is 2.22. The highest BCUT2D eigenvalue weighted by Gasteiger charge is 2.22. The minimum atomic E-state index is -0.185. The van der Waals surface area contributed by atoms with Crippen molar-refractivity contribution in [1.82, 2.24) is 9.97 Å². The van der Waals surface area contributed by atoms with Crippen LogP contribution in [0.4, 0.5) is 0 Å². The molecule has 1 aliphatic heterocycles. The maximum absolute atomic E-state index is 12.3. The molecule has 1 aromatic carbocycles. The van der Waals surface area contributed by atoms with E-state index in [0.29, 0.717) is 16.7 Å². The molecule has 6 heteroatoms. The first-order valence-corrected chi connectivity index (χ1v) is 7.76. The van der Waals surface area contributed by atoms with Crippen molar-refractivity contribution < 1.29 is 14.2 Å². The van der Waals surface area contributed by atoms with Gasteiger partial charge in [-0.1, -0.05) is 12.1 Å². The van der Waals surface area contributed by atoms with Crippen LogP contribution in [0.2, 0.25) is 0 Å². The van der Waals surface area contributed by atoms with E-state index in [0.717, 1.165) is 43.9 Å². The van der Waals surface area contributed by atoms with Crippen LogP contribution in [-0.4, -0.2) is 43.2 Å². The maximum atomic E-state index is 12.3. The monoisotopic (exact) mass is 300 g/mol. The van der Waals surface area contributed by atoms with Crippen molar-refractivity contribution in [3.8, 4) is 0 Å². The molecule has 4 rings (SSSR count). The highest BCUT2D eigenvalue weighted by Crippen LogP contribution is 2.24. The summed E-state index contributed by atoms with van der Waals surface area (Å²) < 4.78 is 5.63. The summed E-state index contributed by atoms with van der Waals surface area (Å²) in [5, 5.41) is 0.905. The molecule has 0 atom stereocenters. The molecule has 0 amide bonds. The minimum Gasteiger partial charge on any atom is -0.449 e. The van der Waals surface area contributed by atoms with Gasteiger partial charge in [0, 0.05) is 5.39 Å². The molecule has 3 N–H and O–H groups in total. The van der Waals surface area contributed by atoms with Crippen LogP contribution in [0.5, 0.6) is 0 Å². The number of para-hydroxylation sites is 1. The molecule has 1 fully saturated rings. The highest BCUT2D eigenvalue weighted by atomic mass is 16.3. The van der Waals surface area contributed by atoms with Gasteiger partial charge in [0.15, 0.2) is 5.82 Å². The van der Waals surface area contributed by atoms with E-state index in [1.54, 1.807) is 4.90 Å². The van der Waals surface area contributed by atoms with Crippen molar-refractivity contribution in [1.29, 1.82) is 0 Å². The van der Waals surface area contributed by atoms with Crippen LogP contribution >= 0.6 is 0 Å². The Kier molecular flexibility index (Phi) is 3.20. The molecule has 3 heterocycles. The molecular formula is C16H20N4O2+2. The van der Waals surface area contributed by atoms with Gasteiger partial charge in [0.1, 0.15) is 43.8 Å². The normalized spacial score (nSPS) is 22.4. The van der Waals surface area contributed by atoms with Gasteiger partial charge in [-0.15, -0.1) is 0 Å². The van der Waals surface area contributed by atoms with E-state index in [4.69, 9.17) is 4.42 Å². The van der Waals surface area contributed by atoms with E-state index >= 15 is 0 Å². The fraction of sp³-hybridized carbons (Fsp3) is 0.375.